The van der Waals surface area contributed by atoms with Gasteiger partial charge in [-0.2, -0.15) is 0 Å². The predicted molar refractivity (Wildman–Crippen MR) is 66.3 cm³/mol. The van der Waals surface area contributed by atoms with Crippen molar-refractivity contribution in [3.05, 3.63) is 23.5 Å². The van der Waals surface area contributed by atoms with Gasteiger partial charge in [0.2, 0.25) is 5.84 Å². The highest BCUT2D eigenvalue weighted by molar-refractivity contribution is 5.76. The van der Waals surface area contributed by atoms with Gasteiger partial charge >= 0.3 is 0 Å². The lowest BCUT2D eigenvalue weighted by Gasteiger charge is -2.04. The van der Waals surface area contributed by atoms with Gasteiger partial charge in [0.05, 0.1) is 12.2 Å². The van der Waals surface area contributed by atoms with E-state index in [1.54, 1.807) is 0 Å². The minimum Gasteiger partial charge on any atom is -0.349 e. The van der Waals surface area contributed by atoms with E-state index in [1.165, 1.54) is 42.9 Å². The second-order valence-corrected chi connectivity index (χ2v) is 4.59. The molecule has 0 spiro atoms. The molecule has 1 aliphatic rings. The molecule has 0 amide bonds. The zero-order chi connectivity index (χ0) is 11.4. The normalized spacial score (nSPS) is 16.8. The molecule has 2 heterocycles. The minimum absolute atomic E-state index is 0.923. The van der Waals surface area contributed by atoms with Crippen molar-refractivity contribution in [2.24, 2.45) is 7.05 Å². The molecule has 2 rings (SSSR count). The van der Waals surface area contributed by atoms with Crippen LogP contribution in [-0.4, -0.2) is 16.9 Å². The predicted octanol–water partition coefficient (Wildman–Crippen LogP) is 0.476. The second kappa shape index (κ2) is 5.19. The maximum atomic E-state index is 3.52. The monoisotopic (exact) mass is 220 g/mol. The molecule has 0 radical (unpaired) electrons. The topological polar surface area (TPSA) is 30.9 Å². The van der Waals surface area contributed by atoms with Crippen LogP contribution < -0.4 is 10.3 Å². The van der Waals surface area contributed by atoms with Crippen molar-refractivity contribution < 1.29 is 4.99 Å². The highest BCUT2D eigenvalue weighted by atomic mass is 15.0. The molecule has 1 aliphatic heterocycles. The fourth-order valence-corrected chi connectivity index (χ4v) is 2.12. The SMILES string of the molecule is Cc1ccc(CNC2=[NH+]CCCCC2)n1C. The van der Waals surface area contributed by atoms with Gasteiger partial charge < -0.3 is 4.57 Å². The molecule has 1 aromatic rings. The lowest BCUT2D eigenvalue weighted by atomic mass is 10.2. The smallest absolute Gasteiger partial charge is 0.242 e. The Morgan fingerprint density at radius 3 is 2.94 bits per heavy atom. The summed E-state index contributed by atoms with van der Waals surface area (Å²) in [6.07, 6.45) is 5.13. The Balaban J connectivity index is 1.91. The number of amidine groups is 1. The Hall–Kier alpha value is -1.25. The fourth-order valence-electron chi connectivity index (χ4n) is 2.12. The van der Waals surface area contributed by atoms with E-state index in [0.717, 1.165) is 13.1 Å². The molecular weight excluding hydrogens is 198 g/mol. The molecule has 0 atom stereocenters. The molecule has 3 heteroatoms. The van der Waals surface area contributed by atoms with Crippen LogP contribution >= 0.6 is 0 Å². The zero-order valence-electron chi connectivity index (χ0n) is 10.3. The molecule has 3 nitrogen and oxygen atoms in total. The quantitative estimate of drug-likeness (QED) is 0.746. The summed E-state index contributed by atoms with van der Waals surface area (Å²) in [4.78, 5) is 3.47. The van der Waals surface area contributed by atoms with Crippen molar-refractivity contribution in [3.8, 4) is 0 Å². The maximum Gasteiger partial charge on any atom is 0.242 e. The Labute approximate surface area is 97.6 Å². The Kier molecular flexibility index (Phi) is 3.65. The standard InChI is InChI=1S/C13H21N3/c1-11-7-8-12(16(11)2)10-15-13-6-4-3-5-9-14-13/h7-8H,3-6,9-10H2,1-2H3,(H,14,15)/p+1. The minimum atomic E-state index is 0.923. The summed E-state index contributed by atoms with van der Waals surface area (Å²) in [5.74, 6) is 1.32. The average molecular weight is 220 g/mol. The van der Waals surface area contributed by atoms with Crippen molar-refractivity contribution in [2.75, 3.05) is 6.54 Å². The average Bonchev–Trinajstić information content (AvgIpc) is 2.53. The summed E-state index contributed by atoms with van der Waals surface area (Å²) in [6.45, 7) is 4.18. The molecular formula is C13H22N3+. The molecule has 0 unspecified atom stereocenters. The van der Waals surface area contributed by atoms with E-state index in [9.17, 15) is 0 Å². The molecule has 1 aromatic heterocycles. The van der Waals surface area contributed by atoms with Crippen LogP contribution in [0.25, 0.3) is 0 Å². The van der Waals surface area contributed by atoms with E-state index in [4.69, 9.17) is 0 Å². The molecule has 0 saturated heterocycles. The third kappa shape index (κ3) is 2.65. The Morgan fingerprint density at radius 2 is 2.19 bits per heavy atom. The summed E-state index contributed by atoms with van der Waals surface area (Å²) >= 11 is 0. The third-order valence-electron chi connectivity index (χ3n) is 3.40. The number of aryl methyl sites for hydroxylation is 1. The number of nitrogens with zero attached hydrogens (tertiary/aromatic N) is 1. The van der Waals surface area contributed by atoms with Crippen LogP contribution in [0.1, 0.15) is 37.1 Å². The van der Waals surface area contributed by atoms with Crippen LogP contribution in [0.5, 0.6) is 0 Å². The van der Waals surface area contributed by atoms with Gasteiger partial charge in [-0.15, -0.1) is 0 Å². The second-order valence-electron chi connectivity index (χ2n) is 4.59. The highest BCUT2D eigenvalue weighted by Crippen LogP contribution is 2.05. The summed E-state index contributed by atoms with van der Waals surface area (Å²) in [6, 6.07) is 4.36. The summed E-state index contributed by atoms with van der Waals surface area (Å²) in [5.41, 5.74) is 2.66. The first kappa shape index (κ1) is 11.2. The summed E-state index contributed by atoms with van der Waals surface area (Å²) in [5, 5.41) is 3.52. The lowest BCUT2D eigenvalue weighted by molar-refractivity contribution is -0.459. The zero-order valence-corrected chi connectivity index (χ0v) is 10.3. The molecule has 0 aromatic carbocycles. The fraction of sp³-hybridized carbons (Fsp3) is 0.615. The van der Waals surface area contributed by atoms with Crippen molar-refractivity contribution in [2.45, 2.75) is 39.2 Å². The van der Waals surface area contributed by atoms with Gasteiger partial charge in [0.25, 0.3) is 0 Å². The molecule has 16 heavy (non-hydrogen) atoms. The van der Waals surface area contributed by atoms with Crippen LogP contribution in [0.15, 0.2) is 12.1 Å². The van der Waals surface area contributed by atoms with Crippen LogP contribution in [-0.2, 0) is 13.6 Å². The first-order valence-electron chi connectivity index (χ1n) is 6.22. The molecule has 0 aliphatic carbocycles. The van der Waals surface area contributed by atoms with Gasteiger partial charge in [-0.3, -0.25) is 10.3 Å². The number of hydrogen-bond acceptors (Lipinski definition) is 1. The molecule has 88 valence electrons. The van der Waals surface area contributed by atoms with Gasteiger partial charge in [0.1, 0.15) is 6.54 Å². The third-order valence-corrected chi connectivity index (χ3v) is 3.40. The van der Waals surface area contributed by atoms with E-state index in [0.29, 0.717) is 0 Å². The molecule has 0 saturated carbocycles. The van der Waals surface area contributed by atoms with Crippen LogP contribution in [0, 0.1) is 6.92 Å². The van der Waals surface area contributed by atoms with E-state index in [-0.39, 0.29) is 0 Å². The number of rotatable bonds is 2. The van der Waals surface area contributed by atoms with E-state index in [2.05, 4.69) is 41.0 Å². The first-order valence-corrected chi connectivity index (χ1v) is 6.22. The van der Waals surface area contributed by atoms with Gasteiger partial charge in [-0.05, 0) is 38.3 Å². The van der Waals surface area contributed by atoms with Crippen LogP contribution in [0.3, 0.4) is 0 Å². The Morgan fingerprint density at radius 1 is 1.31 bits per heavy atom. The number of hydrogen-bond donors (Lipinski definition) is 2. The van der Waals surface area contributed by atoms with Gasteiger partial charge in [-0.25, -0.2) is 0 Å². The van der Waals surface area contributed by atoms with E-state index in [1.807, 2.05) is 0 Å². The Bertz CT molecular complexity index is 377. The maximum absolute atomic E-state index is 3.52. The number of aromatic nitrogens is 1. The van der Waals surface area contributed by atoms with Gasteiger partial charge in [0.15, 0.2) is 0 Å². The largest absolute Gasteiger partial charge is 0.349 e. The van der Waals surface area contributed by atoms with E-state index >= 15 is 0 Å². The van der Waals surface area contributed by atoms with Crippen molar-refractivity contribution in [1.82, 2.24) is 9.88 Å². The lowest BCUT2D eigenvalue weighted by Crippen LogP contribution is -2.75. The summed E-state index contributed by atoms with van der Waals surface area (Å²) < 4.78 is 2.24. The number of nitrogens with one attached hydrogen (secondary N) is 2. The highest BCUT2D eigenvalue weighted by Gasteiger charge is 2.10. The summed E-state index contributed by atoms with van der Waals surface area (Å²) in [7, 11) is 2.12. The molecule has 2 N–H and O–H groups in total. The van der Waals surface area contributed by atoms with Crippen LogP contribution in [0.2, 0.25) is 0 Å². The molecule has 0 bridgehead atoms. The van der Waals surface area contributed by atoms with Crippen molar-refractivity contribution in [1.29, 1.82) is 0 Å². The first-order chi connectivity index (χ1) is 7.77. The van der Waals surface area contributed by atoms with Gasteiger partial charge in [-0.1, -0.05) is 0 Å². The van der Waals surface area contributed by atoms with Crippen LogP contribution in [0.4, 0.5) is 0 Å². The van der Waals surface area contributed by atoms with E-state index < -0.39 is 0 Å². The molecule has 0 fully saturated rings. The van der Waals surface area contributed by atoms with Gasteiger partial charge in [0, 0.05) is 19.2 Å². The van der Waals surface area contributed by atoms with Crippen molar-refractivity contribution in [3.63, 3.8) is 0 Å². The van der Waals surface area contributed by atoms with Crippen molar-refractivity contribution >= 4 is 5.84 Å².